The monoisotopic (exact) mass is 303 g/mol. The average Bonchev–Trinajstić information content (AvgIpc) is 2.56. The summed E-state index contributed by atoms with van der Waals surface area (Å²) < 4.78 is 24.8. The summed E-state index contributed by atoms with van der Waals surface area (Å²) in [5, 5.41) is 2.97. The van der Waals surface area contributed by atoms with Crippen LogP contribution in [0.5, 0.6) is 0 Å². The molecule has 2 fully saturated rings. The van der Waals surface area contributed by atoms with E-state index in [-0.39, 0.29) is 12.5 Å². The average molecular weight is 303 g/mol. The van der Waals surface area contributed by atoms with Crippen molar-refractivity contribution in [2.24, 2.45) is 11.3 Å². The van der Waals surface area contributed by atoms with Gasteiger partial charge in [-0.1, -0.05) is 13.3 Å². The Morgan fingerprint density at radius 3 is 2.76 bits per heavy atom. The second-order valence-corrected chi connectivity index (χ2v) is 7.07. The fourth-order valence-corrected chi connectivity index (χ4v) is 3.47. The molecule has 0 aromatic carbocycles. The molecule has 0 spiro atoms. The van der Waals surface area contributed by atoms with Crippen LogP contribution in [-0.4, -0.2) is 62.0 Å². The van der Waals surface area contributed by atoms with Crippen LogP contribution >= 0.6 is 0 Å². The van der Waals surface area contributed by atoms with Crippen LogP contribution in [0.4, 0.5) is 13.6 Å². The normalized spacial score (nSPS) is 26.3. The minimum atomic E-state index is -2.29. The molecule has 1 atom stereocenters. The molecule has 21 heavy (non-hydrogen) atoms. The third kappa shape index (κ3) is 4.80. The molecule has 1 unspecified atom stereocenters. The van der Waals surface area contributed by atoms with E-state index in [1.54, 1.807) is 4.90 Å². The van der Waals surface area contributed by atoms with E-state index in [0.717, 1.165) is 19.5 Å². The highest BCUT2D eigenvalue weighted by Crippen LogP contribution is 2.35. The first kappa shape index (κ1) is 16.5. The highest BCUT2D eigenvalue weighted by molar-refractivity contribution is 5.75. The van der Waals surface area contributed by atoms with Gasteiger partial charge in [0.25, 0.3) is 0 Å². The van der Waals surface area contributed by atoms with Gasteiger partial charge in [0, 0.05) is 38.0 Å². The molecular formula is C15H27F2N3O. The Bertz CT molecular complexity index is 359. The molecule has 0 aromatic rings. The second-order valence-electron chi connectivity index (χ2n) is 7.07. The quantitative estimate of drug-likeness (QED) is 0.865. The Morgan fingerprint density at radius 1 is 1.38 bits per heavy atom. The lowest BCUT2D eigenvalue weighted by atomic mass is 9.79. The fraction of sp³-hybridized carbons (Fsp3) is 0.933. The molecular weight excluding hydrogens is 276 g/mol. The van der Waals surface area contributed by atoms with E-state index in [1.165, 1.54) is 12.8 Å². The molecule has 2 heterocycles. The van der Waals surface area contributed by atoms with E-state index >= 15 is 0 Å². The van der Waals surface area contributed by atoms with Crippen molar-refractivity contribution in [3.63, 3.8) is 0 Å². The minimum Gasteiger partial charge on any atom is -0.338 e. The molecule has 1 N–H and O–H groups in total. The number of urea groups is 1. The topological polar surface area (TPSA) is 35.6 Å². The van der Waals surface area contributed by atoms with Gasteiger partial charge >= 0.3 is 6.03 Å². The maximum atomic E-state index is 12.4. The van der Waals surface area contributed by atoms with Gasteiger partial charge in [0.2, 0.25) is 6.43 Å². The largest absolute Gasteiger partial charge is 0.338 e. The minimum absolute atomic E-state index is 0.103. The molecule has 2 aliphatic rings. The summed E-state index contributed by atoms with van der Waals surface area (Å²) in [5.74, 6) is 0.496. The van der Waals surface area contributed by atoms with E-state index < -0.39 is 11.8 Å². The van der Waals surface area contributed by atoms with Gasteiger partial charge in [0.15, 0.2) is 0 Å². The molecule has 2 saturated heterocycles. The van der Waals surface area contributed by atoms with Gasteiger partial charge in [-0.3, -0.25) is 0 Å². The van der Waals surface area contributed by atoms with Crippen molar-refractivity contribution in [1.82, 2.24) is 15.1 Å². The van der Waals surface area contributed by atoms with Crippen LogP contribution in [-0.2, 0) is 0 Å². The van der Waals surface area contributed by atoms with Crippen LogP contribution in [0.3, 0.4) is 0 Å². The summed E-state index contributed by atoms with van der Waals surface area (Å²) in [7, 11) is 2.12. The summed E-state index contributed by atoms with van der Waals surface area (Å²) >= 11 is 0. The number of halogens is 2. The molecule has 0 aliphatic carbocycles. The first-order valence-corrected chi connectivity index (χ1v) is 7.87. The van der Waals surface area contributed by atoms with Crippen molar-refractivity contribution < 1.29 is 13.6 Å². The SMILES string of the molecule is CN1CCCCC(CNC(=O)N2CC(C)(CC(F)F)C2)C1. The van der Waals surface area contributed by atoms with Crippen molar-refractivity contribution >= 4 is 6.03 Å². The van der Waals surface area contributed by atoms with Crippen molar-refractivity contribution in [3.8, 4) is 0 Å². The maximum absolute atomic E-state index is 12.4. The molecule has 4 nitrogen and oxygen atoms in total. The molecule has 0 aromatic heterocycles. The summed E-state index contributed by atoms with van der Waals surface area (Å²) in [6, 6.07) is -0.103. The Balaban J connectivity index is 1.69. The van der Waals surface area contributed by atoms with Crippen LogP contribution in [0.15, 0.2) is 0 Å². The number of rotatable bonds is 4. The van der Waals surface area contributed by atoms with E-state index in [9.17, 15) is 13.6 Å². The van der Waals surface area contributed by atoms with Gasteiger partial charge in [0.1, 0.15) is 0 Å². The van der Waals surface area contributed by atoms with Crippen LogP contribution in [0.1, 0.15) is 32.6 Å². The van der Waals surface area contributed by atoms with Crippen LogP contribution in [0.2, 0.25) is 0 Å². The molecule has 2 rings (SSSR count). The van der Waals surface area contributed by atoms with E-state index in [1.807, 2.05) is 6.92 Å². The summed E-state index contributed by atoms with van der Waals surface area (Å²) in [6.45, 7) is 5.53. The lowest BCUT2D eigenvalue weighted by Crippen LogP contribution is -2.60. The zero-order valence-electron chi connectivity index (χ0n) is 13.1. The highest BCUT2D eigenvalue weighted by Gasteiger charge is 2.43. The molecule has 2 aliphatic heterocycles. The molecule has 0 saturated carbocycles. The molecule has 0 radical (unpaired) electrons. The fourth-order valence-electron chi connectivity index (χ4n) is 3.47. The second kappa shape index (κ2) is 6.90. The van der Waals surface area contributed by atoms with Crippen LogP contribution in [0, 0.1) is 11.3 Å². The lowest BCUT2D eigenvalue weighted by Gasteiger charge is -2.47. The van der Waals surface area contributed by atoms with Gasteiger partial charge in [-0.25, -0.2) is 13.6 Å². The number of alkyl halides is 2. The van der Waals surface area contributed by atoms with Crippen molar-refractivity contribution in [1.29, 1.82) is 0 Å². The first-order chi connectivity index (χ1) is 9.88. The van der Waals surface area contributed by atoms with Gasteiger partial charge in [-0.15, -0.1) is 0 Å². The van der Waals surface area contributed by atoms with Gasteiger partial charge < -0.3 is 15.1 Å². The number of nitrogens with one attached hydrogen (secondary N) is 1. The van der Waals surface area contributed by atoms with Crippen molar-refractivity contribution in [2.45, 2.75) is 39.0 Å². The number of carbonyl (C=O) groups excluding carboxylic acids is 1. The third-order valence-corrected chi connectivity index (χ3v) is 4.59. The zero-order chi connectivity index (χ0) is 15.5. The third-order valence-electron chi connectivity index (χ3n) is 4.59. The van der Waals surface area contributed by atoms with Gasteiger partial charge in [0.05, 0.1) is 0 Å². The predicted molar refractivity (Wildman–Crippen MR) is 78.5 cm³/mol. The molecule has 0 bridgehead atoms. The number of likely N-dealkylation sites (tertiary alicyclic amines) is 2. The number of amides is 2. The summed E-state index contributed by atoms with van der Waals surface area (Å²) in [5.41, 5.74) is -0.409. The van der Waals surface area contributed by atoms with Crippen molar-refractivity contribution in [2.75, 3.05) is 39.8 Å². The lowest BCUT2D eigenvalue weighted by molar-refractivity contribution is -0.0105. The Kier molecular flexibility index (Phi) is 5.41. The highest BCUT2D eigenvalue weighted by atomic mass is 19.3. The Hall–Kier alpha value is -0.910. The first-order valence-electron chi connectivity index (χ1n) is 7.87. The summed E-state index contributed by atoms with van der Waals surface area (Å²) in [6.07, 6.45) is 1.17. The zero-order valence-corrected chi connectivity index (χ0v) is 13.1. The molecule has 2 amide bonds. The maximum Gasteiger partial charge on any atom is 0.317 e. The van der Waals surface area contributed by atoms with Crippen molar-refractivity contribution in [3.05, 3.63) is 0 Å². The smallest absolute Gasteiger partial charge is 0.317 e. The van der Waals surface area contributed by atoms with Gasteiger partial charge in [-0.05, 0) is 32.4 Å². The molecule has 6 heteroatoms. The Labute approximate surface area is 125 Å². The predicted octanol–water partition coefficient (Wildman–Crippen LogP) is 2.41. The van der Waals surface area contributed by atoms with E-state index in [2.05, 4.69) is 17.3 Å². The Morgan fingerprint density at radius 2 is 2.10 bits per heavy atom. The van der Waals surface area contributed by atoms with Gasteiger partial charge in [-0.2, -0.15) is 0 Å². The van der Waals surface area contributed by atoms with E-state index in [4.69, 9.17) is 0 Å². The number of nitrogens with zero attached hydrogens (tertiary/aromatic N) is 2. The number of hydrogen-bond donors (Lipinski definition) is 1. The number of hydrogen-bond acceptors (Lipinski definition) is 2. The standard InChI is InChI=1S/C15H27F2N3O/c1-15(7-13(16)17)10-20(11-15)14(21)18-8-12-5-3-4-6-19(2)9-12/h12-13H,3-11H2,1-2H3,(H,18,21). The van der Waals surface area contributed by atoms with Crippen LogP contribution < -0.4 is 5.32 Å². The summed E-state index contributed by atoms with van der Waals surface area (Å²) in [4.78, 5) is 16.0. The molecule has 122 valence electrons. The van der Waals surface area contributed by atoms with Crippen LogP contribution in [0.25, 0.3) is 0 Å². The van der Waals surface area contributed by atoms with E-state index in [0.29, 0.717) is 25.6 Å². The number of carbonyl (C=O) groups is 1.